The van der Waals surface area contributed by atoms with Crippen LogP contribution in [0.5, 0.6) is 5.75 Å². The van der Waals surface area contributed by atoms with Crippen molar-refractivity contribution in [1.82, 2.24) is 9.38 Å². The molecule has 0 radical (unpaired) electrons. The molecule has 2 atom stereocenters. The van der Waals surface area contributed by atoms with E-state index in [0.717, 1.165) is 25.0 Å². The van der Waals surface area contributed by atoms with Crippen LogP contribution in [0, 0.1) is 5.82 Å². The molecule has 2 bridgehead atoms. The lowest BCUT2D eigenvalue weighted by atomic mass is 9.84. The first kappa shape index (κ1) is 15.4. The van der Waals surface area contributed by atoms with Crippen molar-refractivity contribution < 1.29 is 13.9 Å². The Labute approximate surface area is 143 Å². The number of rotatable bonds is 3. The zero-order valence-corrected chi connectivity index (χ0v) is 15.1. The van der Waals surface area contributed by atoms with Gasteiger partial charge in [0.25, 0.3) is 0 Å². The molecular weight excluding hydrogens is 363 g/mol. The van der Waals surface area contributed by atoms with Crippen LogP contribution in [-0.2, 0) is 10.2 Å². The third kappa shape index (κ3) is 2.30. The number of hydrogen-bond acceptors (Lipinski definition) is 3. The maximum atomic E-state index is 14.8. The van der Waals surface area contributed by atoms with Gasteiger partial charge in [-0.05, 0) is 56.0 Å². The lowest BCUT2D eigenvalue weighted by Gasteiger charge is -2.24. The number of imidazole rings is 1. The van der Waals surface area contributed by atoms with Crippen LogP contribution in [0.4, 0.5) is 4.39 Å². The van der Waals surface area contributed by atoms with Gasteiger partial charge in [0.15, 0.2) is 11.4 Å². The quantitative estimate of drug-likeness (QED) is 0.796. The molecule has 1 saturated heterocycles. The lowest BCUT2D eigenvalue weighted by molar-refractivity contribution is -0.00627. The van der Waals surface area contributed by atoms with E-state index in [0.29, 0.717) is 16.7 Å². The van der Waals surface area contributed by atoms with Crippen LogP contribution in [0.1, 0.15) is 45.7 Å². The smallest absolute Gasteiger partial charge is 0.209 e. The van der Waals surface area contributed by atoms with E-state index in [1.807, 2.05) is 26.2 Å². The average Bonchev–Trinajstić information content (AvgIpc) is 3.14. The molecule has 23 heavy (non-hydrogen) atoms. The van der Waals surface area contributed by atoms with Gasteiger partial charge in [0.05, 0.1) is 28.5 Å². The molecule has 0 spiro atoms. The third-order valence-electron chi connectivity index (χ3n) is 5.04. The molecule has 2 aromatic heterocycles. The second-order valence-corrected chi connectivity index (χ2v) is 8.19. The van der Waals surface area contributed by atoms with Crippen molar-refractivity contribution in [1.29, 1.82) is 0 Å². The summed E-state index contributed by atoms with van der Waals surface area (Å²) in [6, 6.07) is 0. The molecule has 2 aliphatic rings. The van der Waals surface area contributed by atoms with Crippen LogP contribution in [-0.4, -0.2) is 27.7 Å². The Morgan fingerprint density at radius 1 is 1.39 bits per heavy atom. The van der Waals surface area contributed by atoms with E-state index in [4.69, 9.17) is 9.47 Å². The Balaban J connectivity index is 1.81. The van der Waals surface area contributed by atoms with Crippen LogP contribution >= 0.6 is 15.9 Å². The number of fused-ring (bicyclic) bond motifs is 3. The third-order valence-corrected chi connectivity index (χ3v) is 5.60. The second kappa shape index (κ2) is 4.93. The number of nitrogens with zero attached hydrogens (tertiary/aromatic N) is 2. The van der Waals surface area contributed by atoms with Gasteiger partial charge in [0.1, 0.15) is 0 Å². The summed E-state index contributed by atoms with van der Waals surface area (Å²) in [5.41, 5.74) is 1.12. The molecular formula is C17H20BrFN2O2. The fourth-order valence-electron chi connectivity index (χ4n) is 3.89. The van der Waals surface area contributed by atoms with Crippen molar-refractivity contribution in [2.45, 2.75) is 57.2 Å². The van der Waals surface area contributed by atoms with Gasteiger partial charge in [-0.3, -0.25) is 0 Å². The van der Waals surface area contributed by atoms with Crippen molar-refractivity contribution in [3.63, 3.8) is 0 Å². The van der Waals surface area contributed by atoms with E-state index in [9.17, 15) is 4.39 Å². The molecule has 0 N–H and O–H groups in total. The highest BCUT2D eigenvalue weighted by Crippen LogP contribution is 2.53. The van der Waals surface area contributed by atoms with Gasteiger partial charge >= 0.3 is 0 Å². The maximum absolute atomic E-state index is 14.8. The predicted molar refractivity (Wildman–Crippen MR) is 88.5 cm³/mol. The molecule has 1 saturated carbocycles. The molecule has 1 aliphatic heterocycles. The SMILES string of the molecule is CC(C)Oc1c(Br)cn2cc(C34CCC(C)(C3)OC4)nc2c1F. The van der Waals surface area contributed by atoms with Crippen molar-refractivity contribution in [3.8, 4) is 5.75 Å². The largest absolute Gasteiger partial charge is 0.487 e. The summed E-state index contributed by atoms with van der Waals surface area (Å²) in [5, 5.41) is 0. The molecule has 3 heterocycles. The minimum absolute atomic E-state index is 0.0408. The normalized spacial score (nSPS) is 29.8. The first-order valence-corrected chi connectivity index (χ1v) is 8.79. The first-order chi connectivity index (χ1) is 10.8. The van der Waals surface area contributed by atoms with Crippen LogP contribution in [0.25, 0.3) is 5.65 Å². The maximum Gasteiger partial charge on any atom is 0.209 e. The van der Waals surface area contributed by atoms with Crippen molar-refractivity contribution in [2.75, 3.05) is 6.61 Å². The molecule has 0 amide bonds. The van der Waals surface area contributed by atoms with Crippen molar-refractivity contribution in [3.05, 3.63) is 28.4 Å². The standard InChI is InChI=1S/C17H20BrFN2O2/c1-10(2)23-14-11(18)6-21-7-12(20-15(21)13(14)19)17-5-4-16(3,8-17)22-9-17/h6-7,10H,4-5,8-9H2,1-3H3. The fraction of sp³-hybridized carbons (Fsp3) is 0.588. The Morgan fingerprint density at radius 3 is 2.74 bits per heavy atom. The summed E-state index contributed by atoms with van der Waals surface area (Å²) in [6.07, 6.45) is 6.69. The summed E-state index contributed by atoms with van der Waals surface area (Å²) in [7, 11) is 0. The highest BCUT2D eigenvalue weighted by molar-refractivity contribution is 9.10. The number of halogens is 2. The second-order valence-electron chi connectivity index (χ2n) is 7.34. The summed E-state index contributed by atoms with van der Waals surface area (Å²) >= 11 is 3.40. The van der Waals surface area contributed by atoms with Gasteiger partial charge < -0.3 is 13.9 Å². The minimum Gasteiger partial charge on any atom is -0.487 e. The van der Waals surface area contributed by atoms with E-state index in [2.05, 4.69) is 27.8 Å². The van der Waals surface area contributed by atoms with E-state index in [1.165, 1.54) is 0 Å². The van der Waals surface area contributed by atoms with E-state index >= 15 is 0 Å². The molecule has 124 valence electrons. The fourth-order valence-corrected chi connectivity index (χ4v) is 4.38. The molecule has 2 fully saturated rings. The summed E-state index contributed by atoms with van der Waals surface area (Å²) in [4.78, 5) is 4.61. The highest BCUT2D eigenvalue weighted by Gasteiger charge is 2.55. The minimum atomic E-state index is -0.421. The predicted octanol–water partition coefficient (Wildman–Crippen LogP) is 4.23. The molecule has 2 unspecified atom stereocenters. The zero-order chi connectivity index (χ0) is 16.4. The lowest BCUT2D eigenvalue weighted by Crippen LogP contribution is -2.26. The van der Waals surface area contributed by atoms with E-state index < -0.39 is 5.82 Å². The zero-order valence-electron chi connectivity index (χ0n) is 13.5. The monoisotopic (exact) mass is 382 g/mol. The van der Waals surface area contributed by atoms with Crippen molar-refractivity contribution >= 4 is 21.6 Å². The molecule has 0 aromatic carbocycles. The van der Waals surface area contributed by atoms with E-state index in [1.54, 1.807) is 4.40 Å². The highest BCUT2D eigenvalue weighted by atomic mass is 79.9. The average molecular weight is 383 g/mol. The van der Waals surface area contributed by atoms with Crippen LogP contribution in [0.3, 0.4) is 0 Å². The summed E-state index contributed by atoms with van der Waals surface area (Å²) in [5.74, 6) is -0.198. The number of aromatic nitrogens is 2. The molecule has 4 nitrogen and oxygen atoms in total. The van der Waals surface area contributed by atoms with Gasteiger partial charge in [-0.2, -0.15) is 4.39 Å². The van der Waals surface area contributed by atoms with E-state index in [-0.39, 0.29) is 22.9 Å². The Kier molecular flexibility index (Phi) is 3.30. The van der Waals surface area contributed by atoms with Crippen LogP contribution in [0.15, 0.2) is 16.9 Å². The van der Waals surface area contributed by atoms with Gasteiger partial charge in [0.2, 0.25) is 5.82 Å². The molecule has 2 aromatic rings. The number of hydrogen-bond donors (Lipinski definition) is 0. The number of ether oxygens (including phenoxy) is 2. The van der Waals surface area contributed by atoms with Gasteiger partial charge in [-0.15, -0.1) is 0 Å². The Morgan fingerprint density at radius 2 is 2.17 bits per heavy atom. The molecule has 4 rings (SSSR count). The van der Waals surface area contributed by atoms with Crippen LogP contribution < -0.4 is 4.74 Å². The van der Waals surface area contributed by atoms with Crippen LogP contribution in [0.2, 0.25) is 0 Å². The topological polar surface area (TPSA) is 35.8 Å². The summed E-state index contributed by atoms with van der Waals surface area (Å²) < 4.78 is 28.7. The van der Waals surface area contributed by atoms with Gasteiger partial charge in [-0.25, -0.2) is 4.98 Å². The molecule has 1 aliphatic carbocycles. The number of pyridine rings is 1. The van der Waals surface area contributed by atoms with Gasteiger partial charge in [0, 0.05) is 17.8 Å². The van der Waals surface area contributed by atoms with Crippen molar-refractivity contribution in [2.24, 2.45) is 0 Å². The summed E-state index contributed by atoms with van der Waals surface area (Å²) in [6.45, 7) is 6.58. The Bertz CT molecular complexity index is 778. The Hall–Kier alpha value is -1.14. The van der Waals surface area contributed by atoms with Gasteiger partial charge in [-0.1, -0.05) is 0 Å². The molecule has 6 heteroatoms. The first-order valence-electron chi connectivity index (χ1n) is 8.00.